The van der Waals surface area contributed by atoms with E-state index in [1.165, 1.54) is 18.7 Å². The third-order valence-corrected chi connectivity index (χ3v) is 15.9. The van der Waals surface area contributed by atoms with E-state index >= 15 is 0 Å². The maximum absolute atomic E-state index is 13.3. The molecule has 1 fully saturated rings. The Labute approximate surface area is 316 Å². The first-order valence-corrected chi connectivity index (χ1v) is 23.0. The molecular weight excluding hydrogens is 711 g/mol. The molecule has 2 aromatic carbocycles. The van der Waals surface area contributed by atoms with Crippen molar-refractivity contribution in [2.45, 2.75) is 116 Å². The lowest BCUT2D eigenvalue weighted by atomic mass is 9.97. The fraction of sp³-hybridized carbons (Fsp3) is 0.525. The van der Waals surface area contributed by atoms with E-state index < -0.39 is 47.8 Å². The lowest BCUT2D eigenvalue weighted by Crippen LogP contribution is -2.45. The van der Waals surface area contributed by atoms with Crippen molar-refractivity contribution in [3.8, 4) is 16.9 Å². The zero-order valence-electron chi connectivity index (χ0n) is 32.2. The molecule has 0 aliphatic heterocycles. The van der Waals surface area contributed by atoms with Gasteiger partial charge in [0.2, 0.25) is 10.0 Å². The second-order valence-electron chi connectivity index (χ2n) is 16.2. The van der Waals surface area contributed by atoms with Crippen LogP contribution in [0.4, 0.5) is 4.79 Å². The van der Waals surface area contributed by atoms with Crippen molar-refractivity contribution in [3.05, 3.63) is 83.7 Å². The van der Waals surface area contributed by atoms with Crippen LogP contribution in [0.1, 0.15) is 101 Å². The van der Waals surface area contributed by atoms with Crippen molar-refractivity contribution in [1.82, 2.24) is 14.6 Å². The minimum atomic E-state index is -3.99. The number of benzene rings is 2. The Kier molecular flexibility index (Phi) is 13.9. The number of rotatable bonds is 16. The first-order valence-electron chi connectivity index (χ1n) is 18.5. The third-order valence-electron chi connectivity index (χ3n) is 10.2. The second-order valence-corrected chi connectivity index (χ2v) is 22.8. The molecule has 0 saturated heterocycles. The predicted molar refractivity (Wildman–Crippen MR) is 210 cm³/mol. The molecule has 1 heterocycles. The molecule has 1 aromatic heterocycles. The Bertz CT molecular complexity index is 1780. The van der Waals surface area contributed by atoms with Gasteiger partial charge in [0.25, 0.3) is 5.91 Å². The number of sulfonamides is 1. The monoisotopic (exact) mass is 767 g/mol. The number of ether oxygens (including phenoxy) is 1. The SMILES string of the molecule is CC(C)(O)CCS(=O)(=O)NC(=O)c1ccc(-c2ccc(CCN(C[C@H](O[Si](C)(C)C(C)(C)C)c3cccnc3)C(=O)O)cc2)cc1OC1CCCCC1. The molecule has 4 rings (SSSR count). The van der Waals surface area contributed by atoms with Crippen LogP contribution < -0.4 is 9.46 Å². The minimum Gasteiger partial charge on any atom is -0.490 e. The molecule has 1 aliphatic rings. The average Bonchev–Trinajstić information content (AvgIpc) is 3.08. The van der Waals surface area contributed by atoms with Crippen LogP contribution in [0, 0.1) is 0 Å². The molecule has 0 unspecified atom stereocenters. The smallest absolute Gasteiger partial charge is 0.407 e. The lowest BCUT2D eigenvalue weighted by molar-refractivity contribution is 0.0769. The van der Waals surface area contributed by atoms with Gasteiger partial charge in [-0.3, -0.25) is 9.78 Å². The first kappa shape index (κ1) is 42.0. The molecule has 2 amide bonds. The van der Waals surface area contributed by atoms with Crippen LogP contribution in [-0.2, 0) is 20.9 Å². The topological polar surface area (TPSA) is 155 Å². The van der Waals surface area contributed by atoms with Crippen molar-refractivity contribution in [2.75, 3.05) is 18.8 Å². The molecule has 1 saturated carbocycles. The number of amides is 2. The second kappa shape index (κ2) is 17.6. The Morgan fingerprint density at radius 2 is 1.66 bits per heavy atom. The Morgan fingerprint density at radius 3 is 2.25 bits per heavy atom. The number of carbonyl (C=O) groups is 2. The number of aromatic nitrogens is 1. The highest BCUT2D eigenvalue weighted by molar-refractivity contribution is 7.90. The predicted octanol–water partition coefficient (Wildman–Crippen LogP) is 7.97. The molecule has 53 heavy (non-hydrogen) atoms. The van der Waals surface area contributed by atoms with Gasteiger partial charge in [0, 0.05) is 18.9 Å². The van der Waals surface area contributed by atoms with Gasteiger partial charge in [-0.05, 0) is 111 Å². The maximum atomic E-state index is 13.3. The van der Waals surface area contributed by atoms with E-state index in [1.54, 1.807) is 30.6 Å². The summed E-state index contributed by atoms with van der Waals surface area (Å²) in [5.74, 6) is -0.864. The molecule has 0 spiro atoms. The Hall–Kier alpha value is -3.78. The van der Waals surface area contributed by atoms with Gasteiger partial charge in [-0.2, -0.15) is 0 Å². The highest BCUT2D eigenvalue weighted by Crippen LogP contribution is 2.40. The number of carboxylic acid groups (broad SMARTS) is 1. The molecule has 290 valence electrons. The van der Waals surface area contributed by atoms with Gasteiger partial charge in [-0.1, -0.05) is 63.6 Å². The first-order chi connectivity index (χ1) is 24.7. The summed E-state index contributed by atoms with van der Waals surface area (Å²) < 4.78 is 40.6. The molecule has 1 atom stereocenters. The van der Waals surface area contributed by atoms with Crippen LogP contribution in [0.2, 0.25) is 18.1 Å². The van der Waals surface area contributed by atoms with Crippen LogP contribution in [0.15, 0.2) is 67.0 Å². The summed E-state index contributed by atoms with van der Waals surface area (Å²) >= 11 is 0. The highest BCUT2D eigenvalue weighted by Gasteiger charge is 2.40. The summed E-state index contributed by atoms with van der Waals surface area (Å²) in [5, 5.41) is 20.1. The molecule has 3 N–H and O–H groups in total. The number of aliphatic hydroxyl groups is 1. The van der Waals surface area contributed by atoms with E-state index in [9.17, 15) is 28.2 Å². The summed E-state index contributed by atoms with van der Waals surface area (Å²) in [5.41, 5.74) is 2.38. The van der Waals surface area contributed by atoms with E-state index in [2.05, 4.69) is 43.6 Å². The molecule has 3 aromatic rings. The van der Waals surface area contributed by atoms with Gasteiger partial charge in [-0.25, -0.2) is 17.9 Å². The van der Waals surface area contributed by atoms with Gasteiger partial charge >= 0.3 is 6.09 Å². The third kappa shape index (κ3) is 12.7. The molecule has 0 radical (unpaired) electrons. The van der Waals surface area contributed by atoms with E-state index in [-0.39, 0.29) is 36.2 Å². The highest BCUT2D eigenvalue weighted by atomic mass is 32.2. The lowest BCUT2D eigenvalue weighted by Gasteiger charge is -2.40. The van der Waals surface area contributed by atoms with E-state index in [0.717, 1.165) is 54.4 Å². The number of nitrogens with zero attached hydrogens (tertiary/aromatic N) is 2. The van der Waals surface area contributed by atoms with E-state index in [0.29, 0.717) is 12.2 Å². The molecule has 0 bridgehead atoms. The maximum Gasteiger partial charge on any atom is 0.407 e. The number of hydrogen-bond donors (Lipinski definition) is 3. The van der Waals surface area contributed by atoms with Crippen molar-refractivity contribution in [3.63, 3.8) is 0 Å². The summed E-state index contributed by atoms with van der Waals surface area (Å²) in [6.07, 6.45) is 7.20. The van der Waals surface area contributed by atoms with Crippen LogP contribution >= 0.6 is 0 Å². The van der Waals surface area contributed by atoms with Crippen molar-refractivity contribution >= 4 is 30.3 Å². The quantitative estimate of drug-likeness (QED) is 0.123. The van der Waals surface area contributed by atoms with E-state index in [1.807, 2.05) is 36.4 Å². The molecular formula is C40H57N3O8SSi. The molecule has 11 nitrogen and oxygen atoms in total. The van der Waals surface area contributed by atoms with Crippen LogP contribution in [-0.4, -0.2) is 79.4 Å². The standard InChI is InChI=1S/C40H57N3O8SSi/c1-39(2,3)53(6,7)51-36(32-12-11-23-41-27-32)28-43(38(45)46)24-21-29-15-17-30(18-16-29)31-19-20-34(35(26-31)50-33-13-9-8-10-14-33)37(44)42-52(48,49)25-22-40(4,5)47/h11-12,15-20,23,26-27,33,36,47H,8-10,13-14,21-22,24-25,28H2,1-7H3,(H,42,44)(H,45,46)/t36-/m0/s1. The fourth-order valence-corrected chi connectivity index (χ4v) is 8.42. The van der Waals surface area contributed by atoms with Crippen LogP contribution in [0.3, 0.4) is 0 Å². The summed E-state index contributed by atoms with van der Waals surface area (Å²) in [6.45, 7) is 14.3. The van der Waals surface area contributed by atoms with Gasteiger partial charge in [0.15, 0.2) is 8.32 Å². The van der Waals surface area contributed by atoms with Gasteiger partial charge in [0.1, 0.15) is 5.75 Å². The Balaban J connectivity index is 1.50. The fourth-order valence-electron chi connectivity index (χ4n) is 5.88. The number of carbonyl (C=O) groups excluding carboxylic acids is 1. The number of pyridine rings is 1. The zero-order valence-corrected chi connectivity index (χ0v) is 34.0. The van der Waals surface area contributed by atoms with Crippen molar-refractivity contribution in [2.24, 2.45) is 0 Å². The van der Waals surface area contributed by atoms with Gasteiger partial charge < -0.3 is 24.3 Å². The van der Waals surface area contributed by atoms with Crippen LogP contribution in [0.5, 0.6) is 5.75 Å². The van der Waals surface area contributed by atoms with Gasteiger partial charge in [0.05, 0.1) is 35.7 Å². The number of nitrogens with one attached hydrogen (secondary N) is 1. The normalized spacial score (nSPS) is 15.1. The van der Waals surface area contributed by atoms with Crippen molar-refractivity contribution < 1.29 is 37.4 Å². The summed E-state index contributed by atoms with van der Waals surface area (Å²) in [6, 6.07) is 16.7. The number of hydrogen-bond acceptors (Lipinski definition) is 8. The minimum absolute atomic E-state index is 0.0259. The van der Waals surface area contributed by atoms with Gasteiger partial charge in [-0.15, -0.1) is 0 Å². The summed E-state index contributed by atoms with van der Waals surface area (Å²) in [4.78, 5) is 31.4. The molecule has 1 aliphatic carbocycles. The van der Waals surface area contributed by atoms with Crippen molar-refractivity contribution in [1.29, 1.82) is 0 Å². The van der Waals surface area contributed by atoms with E-state index in [4.69, 9.17) is 9.16 Å². The zero-order chi connectivity index (χ0) is 39.0. The summed E-state index contributed by atoms with van der Waals surface area (Å²) in [7, 11) is -6.23. The Morgan fingerprint density at radius 1 is 1.00 bits per heavy atom. The molecule has 13 heteroatoms. The average molecular weight is 768 g/mol. The largest absolute Gasteiger partial charge is 0.490 e. The van der Waals surface area contributed by atoms with Crippen LogP contribution in [0.25, 0.3) is 11.1 Å².